The molecule has 1 aromatic rings. The van der Waals surface area contributed by atoms with Crippen LogP contribution in [0.5, 0.6) is 0 Å². The van der Waals surface area contributed by atoms with Crippen molar-refractivity contribution >= 4 is 10.2 Å². The summed E-state index contributed by atoms with van der Waals surface area (Å²) in [5, 5.41) is 0. The summed E-state index contributed by atoms with van der Waals surface area (Å²) < 4.78 is 27.1. The van der Waals surface area contributed by atoms with E-state index in [2.05, 4.69) is 4.98 Å². The second kappa shape index (κ2) is 4.72. The van der Waals surface area contributed by atoms with E-state index in [1.54, 1.807) is 20.3 Å². The summed E-state index contributed by atoms with van der Waals surface area (Å²) in [5.41, 5.74) is 0.829. The third-order valence-electron chi connectivity index (χ3n) is 2.99. The Morgan fingerprint density at radius 2 is 2.18 bits per heavy atom. The smallest absolute Gasteiger partial charge is 0.260 e. The van der Waals surface area contributed by atoms with E-state index in [1.807, 2.05) is 18.2 Å². The van der Waals surface area contributed by atoms with Crippen molar-refractivity contribution in [3.63, 3.8) is 0 Å². The molecule has 0 aromatic carbocycles. The molecule has 0 amide bonds. The van der Waals surface area contributed by atoms with Gasteiger partial charge in [-0.25, -0.2) is 0 Å². The molecule has 0 radical (unpaired) electrons. The van der Waals surface area contributed by atoms with Gasteiger partial charge in [-0.1, -0.05) is 6.07 Å². The lowest BCUT2D eigenvalue weighted by atomic mass is 10.1. The Hall–Kier alpha value is -0.980. The molecular weight excluding hydrogens is 238 g/mol. The number of rotatable bonds is 3. The summed E-state index contributed by atoms with van der Waals surface area (Å²) in [7, 11) is -0.230. The molecule has 2 heterocycles. The predicted molar refractivity (Wildman–Crippen MR) is 65.5 cm³/mol. The SMILES string of the molecule is CN(C)S(=O)(=O)N1CCC[C@H]1c1ccccn1. The van der Waals surface area contributed by atoms with Crippen molar-refractivity contribution < 1.29 is 8.42 Å². The number of aromatic nitrogens is 1. The number of nitrogens with zero attached hydrogens (tertiary/aromatic N) is 3. The van der Waals surface area contributed by atoms with Crippen LogP contribution in [0.1, 0.15) is 24.6 Å². The number of hydrogen-bond acceptors (Lipinski definition) is 3. The van der Waals surface area contributed by atoms with Crippen LogP contribution < -0.4 is 0 Å². The maximum atomic E-state index is 12.1. The van der Waals surface area contributed by atoms with Crippen LogP contribution in [0.15, 0.2) is 24.4 Å². The van der Waals surface area contributed by atoms with Gasteiger partial charge in [-0.15, -0.1) is 0 Å². The lowest BCUT2D eigenvalue weighted by molar-refractivity contribution is 0.358. The third kappa shape index (κ3) is 2.34. The summed E-state index contributed by atoms with van der Waals surface area (Å²) >= 11 is 0. The van der Waals surface area contributed by atoms with Crippen molar-refractivity contribution in [3.05, 3.63) is 30.1 Å². The first-order chi connectivity index (χ1) is 8.03. The van der Waals surface area contributed by atoms with Gasteiger partial charge in [0, 0.05) is 26.8 Å². The molecule has 0 bridgehead atoms. The van der Waals surface area contributed by atoms with E-state index in [0.717, 1.165) is 18.5 Å². The largest absolute Gasteiger partial charge is 0.282 e. The summed E-state index contributed by atoms with van der Waals surface area (Å²) in [5.74, 6) is 0. The fourth-order valence-electron chi connectivity index (χ4n) is 2.09. The normalized spacial score (nSPS) is 22.2. The van der Waals surface area contributed by atoms with Crippen LogP contribution in [-0.4, -0.2) is 42.7 Å². The summed E-state index contributed by atoms with van der Waals surface area (Å²) in [6, 6.07) is 5.49. The van der Waals surface area contributed by atoms with Crippen LogP contribution in [0.3, 0.4) is 0 Å². The van der Waals surface area contributed by atoms with E-state index in [-0.39, 0.29) is 6.04 Å². The van der Waals surface area contributed by atoms with Crippen molar-refractivity contribution in [1.29, 1.82) is 0 Å². The number of hydrogen-bond donors (Lipinski definition) is 0. The minimum Gasteiger partial charge on any atom is -0.260 e. The van der Waals surface area contributed by atoms with Crippen molar-refractivity contribution in [3.8, 4) is 0 Å². The van der Waals surface area contributed by atoms with Crippen molar-refractivity contribution in [2.24, 2.45) is 0 Å². The van der Waals surface area contributed by atoms with Gasteiger partial charge in [0.2, 0.25) is 0 Å². The molecule has 0 aliphatic carbocycles. The minimum atomic E-state index is -3.35. The quantitative estimate of drug-likeness (QED) is 0.810. The molecule has 0 saturated carbocycles. The average Bonchev–Trinajstić information content (AvgIpc) is 2.79. The first kappa shape index (κ1) is 12.5. The average molecular weight is 255 g/mol. The Labute approximate surface area is 102 Å². The van der Waals surface area contributed by atoms with Gasteiger partial charge < -0.3 is 0 Å². The van der Waals surface area contributed by atoms with Gasteiger partial charge in [-0.2, -0.15) is 17.0 Å². The molecule has 6 heteroatoms. The van der Waals surface area contributed by atoms with Crippen LogP contribution in [0, 0.1) is 0 Å². The molecule has 0 spiro atoms. The fourth-order valence-corrected chi connectivity index (χ4v) is 3.41. The van der Waals surface area contributed by atoms with Crippen LogP contribution in [0.25, 0.3) is 0 Å². The Morgan fingerprint density at radius 1 is 1.41 bits per heavy atom. The van der Waals surface area contributed by atoms with Gasteiger partial charge in [0.1, 0.15) is 0 Å². The molecule has 1 saturated heterocycles. The molecule has 17 heavy (non-hydrogen) atoms. The molecule has 1 aliphatic heterocycles. The fraction of sp³-hybridized carbons (Fsp3) is 0.545. The molecular formula is C11H17N3O2S. The summed E-state index contributed by atoms with van der Waals surface area (Å²) in [6.07, 6.45) is 3.42. The van der Waals surface area contributed by atoms with Gasteiger partial charge >= 0.3 is 0 Å². The number of pyridine rings is 1. The molecule has 1 fully saturated rings. The second-order valence-corrected chi connectivity index (χ2v) is 6.41. The Bertz CT molecular complexity index is 473. The molecule has 1 aromatic heterocycles. The molecule has 2 rings (SSSR count). The summed E-state index contributed by atoms with van der Waals surface area (Å²) in [4.78, 5) is 4.26. The molecule has 0 N–H and O–H groups in total. The minimum absolute atomic E-state index is 0.122. The monoisotopic (exact) mass is 255 g/mol. The molecule has 1 aliphatic rings. The zero-order chi connectivity index (χ0) is 12.5. The van der Waals surface area contributed by atoms with E-state index < -0.39 is 10.2 Å². The molecule has 1 atom stereocenters. The van der Waals surface area contributed by atoms with E-state index in [1.165, 1.54) is 8.61 Å². The lowest BCUT2D eigenvalue weighted by Gasteiger charge is -2.26. The van der Waals surface area contributed by atoms with Gasteiger partial charge in [0.25, 0.3) is 10.2 Å². The third-order valence-corrected chi connectivity index (χ3v) is 4.94. The molecule has 5 nitrogen and oxygen atoms in total. The van der Waals surface area contributed by atoms with Gasteiger partial charge in [0.15, 0.2) is 0 Å². The van der Waals surface area contributed by atoms with Crippen molar-refractivity contribution in [2.45, 2.75) is 18.9 Å². The maximum Gasteiger partial charge on any atom is 0.282 e. The second-order valence-electron chi connectivity index (χ2n) is 4.31. The van der Waals surface area contributed by atoms with Crippen molar-refractivity contribution in [2.75, 3.05) is 20.6 Å². The van der Waals surface area contributed by atoms with Crippen LogP contribution in [0.2, 0.25) is 0 Å². The Kier molecular flexibility index (Phi) is 3.46. The van der Waals surface area contributed by atoms with Crippen molar-refractivity contribution in [1.82, 2.24) is 13.6 Å². The van der Waals surface area contributed by atoms with E-state index in [4.69, 9.17) is 0 Å². The van der Waals surface area contributed by atoms with Crippen LogP contribution in [0.4, 0.5) is 0 Å². The van der Waals surface area contributed by atoms with Gasteiger partial charge in [-0.3, -0.25) is 4.98 Å². The van der Waals surface area contributed by atoms with E-state index in [9.17, 15) is 8.42 Å². The predicted octanol–water partition coefficient (Wildman–Crippen LogP) is 1.02. The van der Waals surface area contributed by atoms with Gasteiger partial charge in [-0.05, 0) is 25.0 Å². The Morgan fingerprint density at radius 3 is 2.76 bits per heavy atom. The Balaban J connectivity index is 2.31. The maximum absolute atomic E-state index is 12.1. The zero-order valence-electron chi connectivity index (χ0n) is 10.1. The van der Waals surface area contributed by atoms with E-state index >= 15 is 0 Å². The topological polar surface area (TPSA) is 53.5 Å². The first-order valence-corrected chi connectivity index (χ1v) is 7.03. The highest BCUT2D eigenvalue weighted by Crippen LogP contribution is 2.33. The highest BCUT2D eigenvalue weighted by Gasteiger charge is 2.36. The zero-order valence-corrected chi connectivity index (χ0v) is 10.9. The highest BCUT2D eigenvalue weighted by atomic mass is 32.2. The standard InChI is InChI=1S/C11H17N3O2S/c1-13(2)17(15,16)14-9-5-7-11(14)10-6-3-4-8-12-10/h3-4,6,8,11H,5,7,9H2,1-2H3/t11-/m0/s1. The highest BCUT2D eigenvalue weighted by molar-refractivity contribution is 7.86. The summed E-state index contributed by atoms with van der Waals surface area (Å²) in [6.45, 7) is 0.571. The van der Waals surface area contributed by atoms with E-state index in [0.29, 0.717) is 6.54 Å². The van der Waals surface area contributed by atoms with Gasteiger partial charge in [0.05, 0.1) is 11.7 Å². The lowest BCUT2D eigenvalue weighted by Crippen LogP contribution is -2.39. The van der Waals surface area contributed by atoms with Crippen LogP contribution >= 0.6 is 0 Å². The first-order valence-electron chi connectivity index (χ1n) is 5.63. The molecule has 94 valence electrons. The van der Waals surface area contributed by atoms with Crippen LogP contribution in [-0.2, 0) is 10.2 Å². The molecule has 0 unspecified atom stereocenters.